The van der Waals surface area contributed by atoms with Gasteiger partial charge in [-0.05, 0) is 43.6 Å². The van der Waals surface area contributed by atoms with E-state index in [9.17, 15) is 14.9 Å². The van der Waals surface area contributed by atoms with Crippen LogP contribution in [0.5, 0.6) is 0 Å². The highest BCUT2D eigenvalue weighted by Crippen LogP contribution is 2.26. The van der Waals surface area contributed by atoms with Crippen molar-refractivity contribution in [2.24, 2.45) is 0 Å². The van der Waals surface area contributed by atoms with Crippen molar-refractivity contribution in [3.63, 3.8) is 0 Å². The van der Waals surface area contributed by atoms with E-state index in [4.69, 9.17) is 11.6 Å². The topological polar surface area (TPSA) is 75.5 Å². The SMILES string of the molecule is O=C(NCC(c1ccccc1)N1CCCC1)c1ccc(Cl)cc1[N+](=O)[O-]. The van der Waals surface area contributed by atoms with Crippen LogP contribution >= 0.6 is 11.6 Å². The predicted octanol–water partition coefficient (Wildman–Crippen LogP) is 3.82. The van der Waals surface area contributed by atoms with Crippen molar-refractivity contribution in [3.8, 4) is 0 Å². The molecule has 2 aromatic rings. The number of carbonyl (C=O) groups excluding carboxylic acids is 1. The quantitative estimate of drug-likeness (QED) is 0.617. The van der Waals surface area contributed by atoms with E-state index >= 15 is 0 Å². The van der Waals surface area contributed by atoms with Gasteiger partial charge >= 0.3 is 0 Å². The first-order valence-corrected chi connectivity index (χ1v) is 8.95. The summed E-state index contributed by atoms with van der Waals surface area (Å²) in [6, 6.07) is 14.1. The standard InChI is InChI=1S/C19H20ClN3O3/c20-15-8-9-16(17(12-15)23(25)26)19(24)21-13-18(22-10-4-5-11-22)14-6-2-1-3-7-14/h1-3,6-9,12,18H,4-5,10-11,13H2,(H,21,24). The Hall–Kier alpha value is -2.44. The van der Waals surface area contributed by atoms with E-state index in [2.05, 4.69) is 10.2 Å². The molecule has 0 aromatic heterocycles. The Morgan fingerprint density at radius 2 is 1.88 bits per heavy atom. The molecule has 1 heterocycles. The van der Waals surface area contributed by atoms with Crippen molar-refractivity contribution in [3.05, 3.63) is 74.8 Å². The molecule has 0 aliphatic carbocycles. The Morgan fingerprint density at radius 3 is 2.54 bits per heavy atom. The van der Waals surface area contributed by atoms with Gasteiger partial charge in [0, 0.05) is 17.6 Å². The van der Waals surface area contributed by atoms with Gasteiger partial charge in [-0.3, -0.25) is 19.8 Å². The second kappa shape index (κ2) is 8.29. The largest absolute Gasteiger partial charge is 0.350 e. The van der Waals surface area contributed by atoms with Crippen LogP contribution in [0.4, 0.5) is 5.69 Å². The van der Waals surface area contributed by atoms with Crippen molar-refractivity contribution in [1.29, 1.82) is 0 Å². The minimum atomic E-state index is -0.587. The van der Waals surface area contributed by atoms with Crippen molar-refractivity contribution in [2.75, 3.05) is 19.6 Å². The van der Waals surface area contributed by atoms with Crippen molar-refractivity contribution in [1.82, 2.24) is 10.2 Å². The van der Waals surface area contributed by atoms with Gasteiger partial charge in [-0.2, -0.15) is 0 Å². The number of halogens is 1. The highest BCUT2D eigenvalue weighted by molar-refractivity contribution is 6.31. The third-order valence-electron chi connectivity index (χ3n) is 4.62. The highest BCUT2D eigenvalue weighted by atomic mass is 35.5. The maximum atomic E-state index is 12.6. The molecule has 1 N–H and O–H groups in total. The number of benzene rings is 2. The van der Waals surface area contributed by atoms with Gasteiger partial charge in [-0.1, -0.05) is 41.9 Å². The molecule has 1 saturated heterocycles. The first kappa shape index (κ1) is 18.4. The summed E-state index contributed by atoms with van der Waals surface area (Å²) in [6.07, 6.45) is 2.28. The monoisotopic (exact) mass is 373 g/mol. The molecule has 1 unspecified atom stereocenters. The van der Waals surface area contributed by atoms with Gasteiger partial charge in [0.15, 0.2) is 0 Å². The highest BCUT2D eigenvalue weighted by Gasteiger charge is 2.26. The molecule has 26 heavy (non-hydrogen) atoms. The number of carbonyl (C=O) groups is 1. The summed E-state index contributed by atoms with van der Waals surface area (Å²) in [5.41, 5.74) is 0.861. The van der Waals surface area contributed by atoms with Crippen LogP contribution in [0.1, 0.15) is 34.8 Å². The average molecular weight is 374 g/mol. The van der Waals surface area contributed by atoms with Crippen LogP contribution < -0.4 is 5.32 Å². The summed E-state index contributed by atoms with van der Waals surface area (Å²) in [5.74, 6) is -0.464. The van der Waals surface area contributed by atoms with Crippen LogP contribution in [0.25, 0.3) is 0 Å². The summed E-state index contributed by atoms with van der Waals surface area (Å²) in [4.78, 5) is 25.5. The normalized spacial score (nSPS) is 15.6. The number of nitrogens with zero attached hydrogens (tertiary/aromatic N) is 2. The van der Waals surface area contributed by atoms with E-state index in [-0.39, 0.29) is 22.3 Å². The fourth-order valence-electron chi connectivity index (χ4n) is 3.32. The first-order valence-electron chi connectivity index (χ1n) is 8.57. The number of nitrogens with one attached hydrogen (secondary N) is 1. The molecule has 0 spiro atoms. The molecule has 1 amide bonds. The molecule has 1 aliphatic heterocycles. The van der Waals surface area contributed by atoms with E-state index in [0.717, 1.165) is 31.5 Å². The third-order valence-corrected chi connectivity index (χ3v) is 4.86. The molecule has 0 saturated carbocycles. The second-order valence-corrected chi connectivity index (χ2v) is 6.73. The zero-order valence-corrected chi connectivity index (χ0v) is 15.0. The van der Waals surface area contributed by atoms with Crippen LogP contribution in [0.2, 0.25) is 5.02 Å². The number of nitro benzene ring substituents is 1. The smallest absolute Gasteiger partial charge is 0.283 e. The minimum Gasteiger partial charge on any atom is -0.350 e. The Labute approximate surface area is 156 Å². The van der Waals surface area contributed by atoms with Crippen molar-refractivity contribution < 1.29 is 9.72 Å². The molecule has 1 aliphatic rings. The molecule has 6 nitrogen and oxygen atoms in total. The van der Waals surface area contributed by atoms with E-state index in [1.54, 1.807) is 0 Å². The van der Waals surface area contributed by atoms with Gasteiger partial charge in [-0.15, -0.1) is 0 Å². The Bertz CT molecular complexity index is 792. The van der Waals surface area contributed by atoms with Gasteiger partial charge in [0.1, 0.15) is 5.56 Å². The lowest BCUT2D eigenvalue weighted by Crippen LogP contribution is -2.37. The van der Waals surface area contributed by atoms with Gasteiger partial charge in [0.25, 0.3) is 11.6 Å². The van der Waals surface area contributed by atoms with Crippen LogP contribution in [0, 0.1) is 10.1 Å². The maximum Gasteiger partial charge on any atom is 0.283 e. The molecular weight excluding hydrogens is 354 g/mol. The molecular formula is C19H20ClN3O3. The number of nitro groups is 1. The van der Waals surface area contributed by atoms with Crippen LogP contribution in [-0.4, -0.2) is 35.4 Å². The van der Waals surface area contributed by atoms with Crippen LogP contribution in [-0.2, 0) is 0 Å². The molecule has 1 atom stereocenters. The number of likely N-dealkylation sites (tertiary alicyclic amines) is 1. The fourth-order valence-corrected chi connectivity index (χ4v) is 3.49. The summed E-state index contributed by atoms with van der Waals surface area (Å²) < 4.78 is 0. The number of amides is 1. The number of rotatable bonds is 6. The van der Waals surface area contributed by atoms with Gasteiger partial charge in [-0.25, -0.2) is 0 Å². The average Bonchev–Trinajstić information content (AvgIpc) is 3.17. The lowest BCUT2D eigenvalue weighted by Gasteiger charge is -2.28. The molecule has 2 aromatic carbocycles. The first-order chi connectivity index (χ1) is 12.6. The summed E-state index contributed by atoms with van der Waals surface area (Å²) >= 11 is 5.82. The summed E-state index contributed by atoms with van der Waals surface area (Å²) in [7, 11) is 0. The molecule has 0 radical (unpaired) electrons. The molecule has 136 valence electrons. The van der Waals surface area contributed by atoms with E-state index in [1.807, 2.05) is 30.3 Å². The maximum absolute atomic E-state index is 12.6. The van der Waals surface area contributed by atoms with Gasteiger partial charge in [0.05, 0.1) is 11.0 Å². The minimum absolute atomic E-state index is 0.0210. The molecule has 1 fully saturated rings. The fraction of sp³-hybridized carbons (Fsp3) is 0.316. The second-order valence-electron chi connectivity index (χ2n) is 6.30. The Morgan fingerprint density at radius 1 is 1.19 bits per heavy atom. The van der Waals surface area contributed by atoms with Crippen molar-refractivity contribution >= 4 is 23.2 Å². The third kappa shape index (κ3) is 4.20. The molecule has 7 heteroatoms. The lowest BCUT2D eigenvalue weighted by molar-refractivity contribution is -0.385. The van der Waals surface area contributed by atoms with E-state index in [1.165, 1.54) is 18.2 Å². The zero-order valence-electron chi connectivity index (χ0n) is 14.2. The molecule has 0 bridgehead atoms. The zero-order chi connectivity index (χ0) is 18.5. The number of hydrogen-bond donors (Lipinski definition) is 1. The lowest BCUT2D eigenvalue weighted by atomic mass is 10.1. The Balaban J connectivity index is 1.77. The summed E-state index contributed by atoms with van der Waals surface area (Å²) in [5, 5.41) is 14.3. The van der Waals surface area contributed by atoms with Crippen LogP contribution in [0.3, 0.4) is 0 Å². The van der Waals surface area contributed by atoms with Crippen LogP contribution in [0.15, 0.2) is 48.5 Å². The summed E-state index contributed by atoms with van der Waals surface area (Å²) in [6.45, 7) is 2.36. The molecule has 3 rings (SSSR count). The van der Waals surface area contributed by atoms with Crippen molar-refractivity contribution in [2.45, 2.75) is 18.9 Å². The van der Waals surface area contributed by atoms with E-state index < -0.39 is 10.8 Å². The van der Waals surface area contributed by atoms with Gasteiger partial charge < -0.3 is 5.32 Å². The Kier molecular flexibility index (Phi) is 5.85. The predicted molar refractivity (Wildman–Crippen MR) is 100 cm³/mol. The number of hydrogen-bond acceptors (Lipinski definition) is 4. The van der Waals surface area contributed by atoms with E-state index in [0.29, 0.717) is 6.54 Å². The van der Waals surface area contributed by atoms with Gasteiger partial charge in [0.2, 0.25) is 0 Å².